The first-order valence-electron chi connectivity index (χ1n) is 11.5. The topological polar surface area (TPSA) is 95.8 Å². The summed E-state index contributed by atoms with van der Waals surface area (Å²) in [5.74, 6) is 0.358. The molecular weight excluding hydrogens is 436 g/mol. The lowest BCUT2D eigenvalue weighted by Gasteiger charge is -2.24. The molecule has 0 bridgehead atoms. The van der Waals surface area contributed by atoms with Crippen LogP contribution >= 0.6 is 0 Å². The molecule has 0 spiro atoms. The Morgan fingerprint density at radius 2 is 1.88 bits per heavy atom. The number of fused-ring (bicyclic) bond motifs is 2. The maximum atomic E-state index is 13.7. The summed E-state index contributed by atoms with van der Waals surface area (Å²) in [4.78, 5) is 32.2. The summed E-state index contributed by atoms with van der Waals surface area (Å²) in [6.07, 6.45) is 1.68. The first-order valence-corrected chi connectivity index (χ1v) is 11.5. The average molecular weight is 467 g/mol. The zero-order valence-electron chi connectivity index (χ0n) is 20.2. The largest absolute Gasteiger partial charge is 0.486 e. The van der Waals surface area contributed by atoms with Crippen LogP contribution in [0, 0.1) is 5.92 Å². The van der Waals surface area contributed by atoms with Gasteiger partial charge in [-0.3, -0.25) is 9.59 Å². The monoisotopic (exact) mass is 466 g/mol. The maximum absolute atomic E-state index is 13.7. The highest BCUT2D eigenvalue weighted by Gasteiger charge is 2.25. The second-order valence-electron chi connectivity index (χ2n) is 8.60. The van der Waals surface area contributed by atoms with Crippen LogP contribution in [0.2, 0.25) is 0 Å². The fourth-order valence-corrected chi connectivity index (χ4v) is 4.06. The summed E-state index contributed by atoms with van der Waals surface area (Å²) in [5.41, 5.74) is 2.55. The molecule has 9 nitrogen and oxygen atoms in total. The van der Waals surface area contributed by atoms with Crippen molar-refractivity contribution in [2.75, 3.05) is 33.4 Å². The average Bonchev–Trinajstić information content (AvgIpc) is 3.29. The van der Waals surface area contributed by atoms with E-state index in [2.05, 4.69) is 5.10 Å². The van der Waals surface area contributed by atoms with E-state index in [1.807, 2.05) is 39.0 Å². The van der Waals surface area contributed by atoms with Gasteiger partial charge in [-0.2, -0.15) is 5.10 Å². The number of carbonyl (C=O) groups excluding carboxylic acids is 2. The minimum Gasteiger partial charge on any atom is -0.486 e. The van der Waals surface area contributed by atoms with Crippen molar-refractivity contribution in [3.8, 4) is 22.8 Å². The number of ether oxygens (including phenoxy) is 3. The number of amides is 1. The number of rotatable bonds is 7. The van der Waals surface area contributed by atoms with Gasteiger partial charge in [-0.25, -0.2) is 9.67 Å². The predicted molar refractivity (Wildman–Crippen MR) is 127 cm³/mol. The van der Waals surface area contributed by atoms with Crippen LogP contribution in [0.25, 0.3) is 22.3 Å². The standard InChI is InChI=1S/C25H30N4O5/c1-6-28(14-16(4)25(31)32-5)24(30)18-12-20(27-23-19(18)13-26-29(23)15(2)3)17-7-8-21-22(11-17)34-10-9-33-21/h7-8,11-13,15-16H,6,9-10,14H2,1-5H3. The van der Waals surface area contributed by atoms with E-state index in [0.29, 0.717) is 53.5 Å². The molecule has 1 aliphatic rings. The molecule has 4 rings (SSSR count). The van der Waals surface area contributed by atoms with Gasteiger partial charge in [-0.05, 0) is 45.0 Å². The molecule has 0 aliphatic carbocycles. The van der Waals surface area contributed by atoms with E-state index in [0.717, 1.165) is 5.56 Å². The summed E-state index contributed by atoms with van der Waals surface area (Å²) in [5, 5.41) is 5.17. The molecule has 1 amide bonds. The molecule has 0 fully saturated rings. The Hall–Kier alpha value is -3.62. The summed E-state index contributed by atoms with van der Waals surface area (Å²) < 4.78 is 18.0. The van der Waals surface area contributed by atoms with E-state index >= 15 is 0 Å². The van der Waals surface area contributed by atoms with Crippen LogP contribution in [-0.2, 0) is 9.53 Å². The SMILES string of the molecule is CCN(CC(C)C(=O)OC)C(=O)c1cc(-c2ccc3c(c2)OCCO3)nc2c1cnn2C(C)C. The Morgan fingerprint density at radius 1 is 1.15 bits per heavy atom. The quantitative estimate of drug-likeness (QED) is 0.490. The Morgan fingerprint density at radius 3 is 2.56 bits per heavy atom. The Balaban J connectivity index is 1.81. The second kappa shape index (κ2) is 9.70. The highest BCUT2D eigenvalue weighted by Crippen LogP contribution is 2.35. The van der Waals surface area contributed by atoms with E-state index in [1.165, 1.54) is 7.11 Å². The minimum atomic E-state index is -0.443. The smallest absolute Gasteiger partial charge is 0.310 e. The van der Waals surface area contributed by atoms with Crippen molar-refractivity contribution >= 4 is 22.9 Å². The van der Waals surface area contributed by atoms with Gasteiger partial charge < -0.3 is 19.1 Å². The van der Waals surface area contributed by atoms with Crippen molar-refractivity contribution in [3.63, 3.8) is 0 Å². The number of aromatic nitrogens is 3. The lowest BCUT2D eigenvalue weighted by Crippen LogP contribution is -2.37. The highest BCUT2D eigenvalue weighted by atomic mass is 16.6. The first-order chi connectivity index (χ1) is 16.3. The van der Waals surface area contributed by atoms with E-state index in [-0.39, 0.29) is 24.5 Å². The van der Waals surface area contributed by atoms with Crippen LogP contribution in [0.15, 0.2) is 30.5 Å². The van der Waals surface area contributed by atoms with Crippen LogP contribution in [0.4, 0.5) is 0 Å². The van der Waals surface area contributed by atoms with Gasteiger partial charge in [0, 0.05) is 24.7 Å². The number of esters is 1. The molecule has 0 saturated heterocycles. The van der Waals surface area contributed by atoms with E-state index in [1.54, 1.807) is 28.8 Å². The van der Waals surface area contributed by atoms with Gasteiger partial charge in [0.1, 0.15) is 13.2 Å². The fourth-order valence-electron chi connectivity index (χ4n) is 4.06. The number of pyridine rings is 1. The molecule has 0 N–H and O–H groups in total. The fraction of sp³-hybridized carbons (Fsp3) is 0.440. The molecular formula is C25H30N4O5. The van der Waals surface area contributed by atoms with Gasteiger partial charge in [0.15, 0.2) is 17.1 Å². The van der Waals surface area contributed by atoms with Crippen molar-refractivity contribution in [1.29, 1.82) is 0 Å². The van der Waals surface area contributed by atoms with Crippen molar-refractivity contribution in [3.05, 3.63) is 36.0 Å². The van der Waals surface area contributed by atoms with Gasteiger partial charge in [0.05, 0.1) is 35.9 Å². The third-order valence-corrected chi connectivity index (χ3v) is 5.89. The van der Waals surface area contributed by atoms with Gasteiger partial charge >= 0.3 is 5.97 Å². The van der Waals surface area contributed by atoms with Crippen molar-refractivity contribution in [1.82, 2.24) is 19.7 Å². The Kier molecular flexibility index (Phi) is 6.72. The van der Waals surface area contributed by atoms with Gasteiger partial charge in [0.25, 0.3) is 5.91 Å². The predicted octanol–water partition coefficient (Wildman–Crippen LogP) is 3.72. The van der Waals surface area contributed by atoms with E-state index in [4.69, 9.17) is 19.2 Å². The summed E-state index contributed by atoms with van der Waals surface area (Å²) >= 11 is 0. The van der Waals surface area contributed by atoms with Crippen LogP contribution in [0.5, 0.6) is 11.5 Å². The molecule has 1 aliphatic heterocycles. The van der Waals surface area contributed by atoms with Crippen LogP contribution in [0.3, 0.4) is 0 Å². The Labute approximate surface area is 198 Å². The zero-order chi connectivity index (χ0) is 24.4. The molecule has 1 aromatic carbocycles. The Bertz CT molecular complexity index is 1220. The number of hydrogen-bond acceptors (Lipinski definition) is 7. The second-order valence-corrected chi connectivity index (χ2v) is 8.60. The van der Waals surface area contributed by atoms with Gasteiger partial charge in [-0.15, -0.1) is 0 Å². The van der Waals surface area contributed by atoms with Crippen LogP contribution < -0.4 is 9.47 Å². The van der Waals surface area contributed by atoms with Crippen molar-refractivity contribution < 1.29 is 23.8 Å². The van der Waals surface area contributed by atoms with Gasteiger partial charge in [0.2, 0.25) is 0 Å². The number of methoxy groups -OCH3 is 1. The number of nitrogens with zero attached hydrogens (tertiary/aromatic N) is 4. The van der Waals surface area contributed by atoms with Crippen molar-refractivity contribution in [2.45, 2.75) is 33.7 Å². The van der Waals surface area contributed by atoms with Crippen LogP contribution in [-0.4, -0.2) is 65.0 Å². The number of hydrogen-bond donors (Lipinski definition) is 0. The summed E-state index contributed by atoms with van der Waals surface area (Å²) in [6, 6.07) is 7.48. The molecule has 1 unspecified atom stereocenters. The highest BCUT2D eigenvalue weighted by molar-refractivity contribution is 6.06. The molecule has 0 saturated carbocycles. The van der Waals surface area contributed by atoms with E-state index < -0.39 is 5.92 Å². The molecule has 34 heavy (non-hydrogen) atoms. The lowest BCUT2D eigenvalue weighted by atomic mass is 10.0. The van der Waals surface area contributed by atoms with Gasteiger partial charge in [-0.1, -0.05) is 6.92 Å². The summed E-state index contributed by atoms with van der Waals surface area (Å²) in [7, 11) is 1.35. The molecule has 2 aromatic heterocycles. The third-order valence-electron chi connectivity index (χ3n) is 5.89. The first kappa shape index (κ1) is 23.5. The maximum Gasteiger partial charge on any atom is 0.310 e. The van der Waals surface area contributed by atoms with Crippen molar-refractivity contribution in [2.24, 2.45) is 5.92 Å². The molecule has 0 radical (unpaired) electrons. The number of carbonyl (C=O) groups is 2. The molecule has 3 heterocycles. The van der Waals surface area contributed by atoms with E-state index in [9.17, 15) is 9.59 Å². The normalized spacial score (nSPS) is 13.7. The van der Waals surface area contributed by atoms with Crippen LogP contribution in [0.1, 0.15) is 44.1 Å². The molecule has 9 heteroatoms. The third kappa shape index (κ3) is 4.42. The summed E-state index contributed by atoms with van der Waals surface area (Å²) in [6.45, 7) is 9.37. The zero-order valence-corrected chi connectivity index (χ0v) is 20.2. The number of benzene rings is 1. The molecule has 3 aromatic rings. The molecule has 180 valence electrons. The minimum absolute atomic E-state index is 0.0603. The lowest BCUT2D eigenvalue weighted by molar-refractivity contribution is -0.145. The molecule has 1 atom stereocenters.